The summed E-state index contributed by atoms with van der Waals surface area (Å²) in [6.07, 6.45) is 6.52. The summed E-state index contributed by atoms with van der Waals surface area (Å²) in [5.74, 6) is 0. The molecule has 5 heteroatoms. The van der Waals surface area contributed by atoms with Crippen LogP contribution in [0.5, 0.6) is 0 Å². The third kappa shape index (κ3) is 3.20. The number of rotatable bonds is 3. The molecule has 1 heterocycles. The van der Waals surface area contributed by atoms with Crippen molar-refractivity contribution < 1.29 is 4.79 Å². The normalized spacial score (nSPS) is 16.3. The Balaban J connectivity index is 1.71. The van der Waals surface area contributed by atoms with Gasteiger partial charge < -0.3 is 10.6 Å². The van der Waals surface area contributed by atoms with Crippen molar-refractivity contribution >= 4 is 17.4 Å². The lowest BCUT2D eigenvalue weighted by Gasteiger charge is -2.12. The number of thiazole rings is 1. The van der Waals surface area contributed by atoms with Crippen LogP contribution < -0.4 is 10.6 Å². The number of carbonyl (C=O) groups excluding carboxylic acids is 1. The molecule has 0 aromatic carbocycles. The van der Waals surface area contributed by atoms with Crippen LogP contribution in [-0.2, 0) is 6.54 Å². The minimum atomic E-state index is -0.0575. The molecule has 0 radical (unpaired) electrons. The Bertz CT molecular complexity index is 358. The van der Waals surface area contributed by atoms with Crippen LogP contribution in [0.15, 0.2) is 6.20 Å². The second-order valence-corrected chi connectivity index (χ2v) is 5.47. The Morgan fingerprint density at radius 1 is 1.56 bits per heavy atom. The van der Waals surface area contributed by atoms with Crippen molar-refractivity contribution in [2.24, 2.45) is 0 Å². The number of aromatic nitrogens is 1. The molecule has 0 aliphatic heterocycles. The van der Waals surface area contributed by atoms with Gasteiger partial charge in [-0.25, -0.2) is 9.78 Å². The first-order chi connectivity index (χ1) is 7.74. The Kier molecular flexibility index (Phi) is 3.77. The summed E-state index contributed by atoms with van der Waals surface area (Å²) < 4.78 is 0. The summed E-state index contributed by atoms with van der Waals surface area (Å²) in [7, 11) is 0. The van der Waals surface area contributed by atoms with Gasteiger partial charge in [-0.1, -0.05) is 12.8 Å². The first kappa shape index (κ1) is 11.4. The molecule has 1 aromatic rings. The summed E-state index contributed by atoms with van der Waals surface area (Å²) >= 11 is 1.62. The average Bonchev–Trinajstić information content (AvgIpc) is 2.87. The van der Waals surface area contributed by atoms with Crippen LogP contribution in [0.1, 0.15) is 35.6 Å². The molecule has 0 bridgehead atoms. The van der Waals surface area contributed by atoms with E-state index < -0.39 is 0 Å². The molecule has 1 fully saturated rings. The summed E-state index contributed by atoms with van der Waals surface area (Å²) in [5.41, 5.74) is 0. The molecule has 1 aliphatic carbocycles. The minimum absolute atomic E-state index is 0.0575. The van der Waals surface area contributed by atoms with Gasteiger partial charge in [-0.15, -0.1) is 11.3 Å². The topological polar surface area (TPSA) is 54.0 Å². The van der Waals surface area contributed by atoms with Crippen molar-refractivity contribution in [3.8, 4) is 0 Å². The number of aryl methyl sites for hydroxylation is 1. The molecule has 0 saturated heterocycles. The highest BCUT2D eigenvalue weighted by molar-refractivity contribution is 7.11. The van der Waals surface area contributed by atoms with Crippen molar-refractivity contribution in [3.63, 3.8) is 0 Å². The Hall–Kier alpha value is -1.10. The van der Waals surface area contributed by atoms with Crippen molar-refractivity contribution in [2.75, 3.05) is 0 Å². The molecule has 1 aromatic heterocycles. The van der Waals surface area contributed by atoms with Gasteiger partial charge in [0.2, 0.25) is 0 Å². The van der Waals surface area contributed by atoms with Gasteiger partial charge in [-0.3, -0.25) is 0 Å². The van der Waals surface area contributed by atoms with E-state index in [-0.39, 0.29) is 6.03 Å². The molecular formula is C11H17N3OS. The molecule has 2 N–H and O–H groups in total. The Morgan fingerprint density at radius 2 is 2.31 bits per heavy atom. The van der Waals surface area contributed by atoms with Crippen LogP contribution in [-0.4, -0.2) is 17.1 Å². The fraction of sp³-hybridized carbons (Fsp3) is 0.636. The van der Waals surface area contributed by atoms with Crippen LogP contribution in [0.25, 0.3) is 0 Å². The zero-order chi connectivity index (χ0) is 11.4. The summed E-state index contributed by atoms with van der Waals surface area (Å²) in [5, 5.41) is 6.88. The van der Waals surface area contributed by atoms with Gasteiger partial charge in [0, 0.05) is 17.1 Å². The zero-order valence-corrected chi connectivity index (χ0v) is 10.3. The summed E-state index contributed by atoms with van der Waals surface area (Å²) in [4.78, 5) is 16.8. The van der Waals surface area contributed by atoms with Gasteiger partial charge in [0.15, 0.2) is 0 Å². The van der Waals surface area contributed by atoms with Gasteiger partial charge in [0.05, 0.1) is 11.6 Å². The first-order valence-electron chi connectivity index (χ1n) is 5.70. The highest BCUT2D eigenvalue weighted by atomic mass is 32.1. The third-order valence-corrected chi connectivity index (χ3v) is 3.70. The standard InChI is InChI=1S/C11H17N3OS/c1-8-12-6-10(16-8)7-13-11(15)14-9-4-2-3-5-9/h6,9H,2-5,7H2,1H3,(H2,13,14,15). The van der Waals surface area contributed by atoms with Crippen LogP contribution in [0.4, 0.5) is 4.79 Å². The van der Waals surface area contributed by atoms with Gasteiger partial charge in [0.25, 0.3) is 0 Å². The first-order valence-corrected chi connectivity index (χ1v) is 6.51. The van der Waals surface area contributed by atoms with Crippen LogP contribution in [0.3, 0.4) is 0 Å². The molecular weight excluding hydrogens is 222 g/mol. The Morgan fingerprint density at radius 3 is 2.94 bits per heavy atom. The lowest BCUT2D eigenvalue weighted by molar-refractivity contribution is 0.237. The molecule has 2 amide bonds. The van der Waals surface area contributed by atoms with Crippen LogP contribution >= 0.6 is 11.3 Å². The van der Waals surface area contributed by atoms with E-state index in [0.717, 1.165) is 22.7 Å². The smallest absolute Gasteiger partial charge is 0.315 e. The lowest BCUT2D eigenvalue weighted by atomic mass is 10.2. The quantitative estimate of drug-likeness (QED) is 0.849. The van der Waals surface area contributed by atoms with Gasteiger partial charge in [0.1, 0.15) is 0 Å². The Labute approximate surface area is 99.5 Å². The minimum Gasteiger partial charge on any atom is -0.335 e. The van der Waals surface area contributed by atoms with E-state index in [1.165, 1.54) is 12.8 Å². The monoisotopic (exact) mass is 239 g/mol. The second-order valence-electron chi connectivity index (χ2n) is 4.15. The predicted octanol–water partition coefficient (Wildman–Crippen LogP) is 2.19. The maximum absolute atomic E-state index is 11.5. The molecule has 2 rings (SSSR count). The molecule has 0 atom stereocenters. The maximum atomic E-state index is 11.5. The number of carbonyl (C=O) groups is 1. The highest BCUT2D eigenvalue weighted by Crippen LogP contribution is 2.17. The SMILES string of the molecule is Cc1ncc(CNC(=O)NC2CCCC2)s1. The number of nitrogens with one attached hydrogen (secondary N) is 2. The number of hydrogen-bond acceptors (Lipinski definition) is 3. The van der Waals surface area contributed by atoms with Crippen LogP contribution in [0.2, 0.25) is 0 Å². The third-order valence-electron chi connectivity index (χ3n) is 2.78. The molecule has 4 nitrogen and oxygen atoms in total. The van der Waals surface area contributed by atoms with E-state index in [2.05, 4.69) is 15.6 Å². The highest BCUT2D eigenvalue weighted by Gasteiger charge is 2.16. The van der Waals surface area contributed by atoms with Crippen molar-refractivity contribution in [1.82, 2.24) is 15.6 Å². The fourth-order valence-corrected chi connectivity index (χ4v) is 2.70. The van der Waals surface area contributed by atoms with Crippen molar-refractivity contribution in [2.45, 2.75) is 45.2 Å². The lowest BCUT2D eigenvalue weighted by Crippen LogP contribution is -2.40. The van der Waals surface area contributed by atoms with E-state index in [4.69, 9.17) is 0 Å². The van der Waals surface area contributed by atoms with E-state index in [9.17, 15) is 4.79 Å². The maximum Gasteiger partial charge on any atom is 0.315 e. The second kappa shape index (κ2) is 5.30. The van der Waals surface area contributed by atoms with Gasteiger partial charge in [-0.05, 0) is 19.8 Å². The predicted molar refractivity (Wildman–Crippen MR) is 64.5 cm³/mol. The largest absolute Gasteiger partial charge is 0.335 e. The number of urea groups is 1. The number of nitrogens with zero attached hydrogens (tertiary/aromatic N) is 1. The number of hydrogen-bond donors (Lipinski definition) is 2. The average molecular weight is 239 g/mol. The zero-order valence-electron chi connectivity index (χ0n) is 9.45. The summed E-state index contributed by atoms with van der Waals surface area (Å²) in [6, 6.07) is 0.321. The van der Waals surface area contributed by atoms with E-state index >= 15 is 0 Å². The van der Waals surface area contributed by atoms with E-state index in [1.54, 1.807) is 11.3 Å². The van der Waals surface area contributed by atoms with Gasteiger partial charge in [-0.2, -0.15) is 0 Å². The van der Waals surface area contributed by atoms with Crippen molar-refractivity contribution in [1.29, 1.82) is 0 Å². The molecule has 16 heavy (non-hydrogen) atoms. The molecule has 0 unspecified atom stereocenters. The van der Waals surface area contributed by atoms with E-state index in [0.29, 0.717) is 12.6 Å². The fourth-order valence-electron chi connectivity index (χ4n) is 1.96. The van der Waals surface area contributed by atoms with E-state index in [1.807, 2.05) is 13.1 Å². The number of amides is 2. The van der Waals surface area contributed by atoms with Crippen LogP contribution in [0, 0.1) is 6.92 Å². The molecule has 0 spiro atoms. The molecule has 1 saturated carbocycles. The summed E-state index contributed by atoms with van der Waals surface area (Å²) in [6.45, 7) is 2.54. The van der Waals surface area contributed by atoms with Gasteiger partial charge >= 0.3 is 6.03 Å². The molecule has 88 valence electrons. The van der Waals surface area contributed by atoms with Crippen molar-refractivity contribution in [3.05, 3.63) is 16.1 Å². The molecule has 1 aliphatic rings.